The predicted octanol–water partition coefficient (Wildman–Crippen LogP) is -0.128. The van der Waals surface area contributed by atoms with Crippen LogP contribution in [-0.2, 0) is 20.8 Å². The first-order valence-electron chi connectivity index (χ1n) is 9.98. The van der Waals surface area contributed by atoms with E-state index in [1.807, 2.05) is 0 Å². The number of rotatable bonds is 3. The number of hydrogen-bond donors (Lipinski definition) is 5. The van der Waals surface area contributed by atoms with Gasteiger partial charge in [-0.05, 0) is 38.4 Å². The number of carbonyl (C=O) groups excluding carboxylic acids is 3. The van der Waals surface area contributed by atoms with Crippen molar-refractivity contribution in [3.63, 3.8) is 0 Å². The van der Waals surface area contributed by atoms with Crippen LogP contribution in [0.15, 0.2) is 29.0 Å². The SMILES string of the molecule is CN(C)[C@@H]1C(=O)C(C(N)=O)=C(O)[C@@]2(O)C(=O)C3=C(O)c4c(ccc([N+](=O)[O-])c4O)C[C@H]3C[C@@H]12. The van der Waals surface area contributed by atoms with Crippen LogP contribution >= 0.6 is 0 Å². The second-order valence-electron chi connectivity index (χ2n) is 8.69. The molecule has 0 spiro atoms. The van der Waals surface area contributed by atoms with Crippen LogP contribution in [-0.4, -0.2) is 73.5 Å². The molecule has 0 heterocycles. The van der Waals surface area contributed by atoms with Gasteiger partial charge in [-0.25, -0.2) is 0 Å². The number of phenolic OH excluding ortho intramolecular Hbond substituents is 1. The van der Waals surface area contributed by atoms with Crippen molar-refractivity contribution in [3.05, 3.63) is 50.3 Å². The predicted molar refractivity (Wildman–Crippen MR) is 111 cm³/mol. The topological polar surface area (TPSA) is 205 Å². The third-order valence-electron chi connectivity index (χ3n) is 6.77. The molecule has 6 N–H and O–H groups in total. The highest BCUT2D eigenvalue weighted by Crippen LogP contribution is 2.53. The largest absolute Gasteiger partial charge is 0.508 e. The Bertz CT molecular complexity index is 1220. The molecule has 0 aromatic heterocycles. The maximum Gasteiger partial charge on any atom is 0.311 e. The maximum absolute atomic E-state index is 13.6. The van der Waals surface area contributed by atoms with Crippen molar-refractivity contribution in [1.29, 1.82) is 0 Å². The van der Waals surface area contributed by atoms with Gasteiger partial charge in [-0.15, -0.1) is 0 Å². The van der Waals surface area contributed by atoms with Crippen molar-refractivity contribution in [2.24, 2.45) is 17.6 Å². The van der Waals surface area contributed by atoms with Gasteiger partial charge in [0.2, 0.25) is 11.5 Å². The average Bonchev–Trinajstić information content (AvgIpc) is 2.70. The monoisotopic (exact) mass is 459 g/mol. The van der Waals surface area contributed by atoms with Crippen molar-refractivity contribution in [2.75, 3.05) is 14.1 Å². The number of nitro benzene ring substituents is 1. The Labute approximate surface area is 186 Å². The molecule has 3 aliphatic carbocycles. The number of primary amides is 1. The fourth-order valence-electron chi connectivity index (χ4n) is 5.35. The molecule has 0 radical (unpaired) electrons. The van der Waals surface area contributed by atoms with Gasteiger partial charge in [-0.2, -0.15) is 0 Å². The summed E-state index contributed by atoms with van der Waals surface area (Å²) in [7, 11) is 3.01. The van der Waals surface area contributed by atoms with Crippen LogP contribution in [0.2, 0.25) is 0 Å². The smallest absolute Gasteiger partial charge is 0.311 e. The normalized spacial score (nSPS) is 29.0. The molecule has 1 amide bonds. The molecule has 174 valence electrons. The van der Waals surface area contributed by atoms with Crippen molar-refractivity contribution in [3.8, 4) is 5.75 Å². The molecule has 0 unspecified atom stereocenters. The minimum atomic E-state index is -2.75. The third-order valence-corrected chi connectivity index (χ3v) is 6.77. The summed E-state index contributed by atoms with van der Waals surface area (Å²) in [5, 5.41) is 54.6. The third kappa shape index (κ3) is 2.80. The van der Waals surface area contributed by atoms with Gasteiger partial charge in [0.15, 0.2) is 11.4 Å². The van der Waals surface area contributed by atoms with Crippen molar-refractivity contribution < 1.29 is 39.7 Å². The number of aliphatic hydroxyl groups excluding tert-OH is 2. The summed E-state index contributed by atoms with van der Waals surface area (Å²) in [4.78, 5) is 50.2. The zero-order valence-electron chi connectivity index (χ0n) is 17.6. The second kappa shape index (κ2) is 7.12. The lowest BCUT2D eigenvalue weighted by molar-refractivity contribution is -0.385. The number of phenols is 1. The van der Waals surface area contributed by atoms with Crippen molar-refractivity contribution in [2.45, 2.75) is 24.5 Å². The number of hydrogen-bond acceptors (Lipinski definition) is 10. The first-order valence-corrected chi connectivity index (χ1v) is 9.98. The number of benzene rings is 1. The zero-order chi connectivity index (χ0) is 24.6. The highest BCUT2D eigenvalue weighted by Gasteiger charge is 2.64. The Morgan fingerprint density at radius 1 is 1.24 bits per heavy atom. The van der Waals surface area contributed by atoms with E-state index in [1.165, 1.54) is 25.1 Å². The highest BCUT2D eigenvalue weighted by atomic mass is 16.6. The van der Waals surface area contributed by atoms with E-state index in [0.29, 0.717) is 5.56 Å². The van der Waals surface area contributed by atoms with Crippen LogP contribution < -0.4 is 5.73 Å². The molecule has 1 saturated carbocycles. The minimum Gasteiger partial charge on any atom is -0.508 e. The summed E-state index contributed by atoms with van der Waals surface area (Å²) >= 11 is 0. The van der Waals surface area contributed by atoms with Crippen LogP contribution in [0.4, 0.5) is 5.69 Å². The fraction of sp³-hybridized carbons (Fsp3) is 0.381. The molecule has 12 heteroatoms. The van der Waals surface area contributed by atoms with E-state index in [2.05, 4.69) is 0 Å². The standard InChI is InChI=1S/C21H21N3O9/c1-23(2)14-9-6-8-5-7-3-4-10(24(32)33)15(25)11(7)16(26)12(8)18(28)21(9,31)19(29)13(17(14)27)20(22)30/h3-4,8-9,14,25-26,29,31H,5-6H2,1-2H3,(H2,22,30)/t8-,9-,14-,21-/m0/s1. The summed E-state index contributed by atoms with van der Waals surface area (Å²) in [5.41, 5.74) is 0.559. The molecule has 1 fully saturated rings. The molecular formula is C21H21N3O9. The maximum atomic E-state index is 13.6. The Morgan fingerprint density at radius 2 is 1.88 bits per heavy atom. The van der Waals surface area contributed by atoms with Crippen LogP contribution in [0.5, 0.6) is 5.75 Å². The van der Waals surface area contributed by atoms with E-state index in [4.69, 9.17) is 5.73 Å². The molecule has 0 aliphatic heterocycles. The minimum absolute atomic E-state index is 0.0521. The fourth-order valence-corrected chi connectivity index (χ4v) is 5.35. The number of aliphatic hydroxyl groups is 3. The van der Waals surface area contributed by atoms with Gasteiger partial charge in [0.1, 0.15) is 17.1 Å². The van der Waals surface area contributed by atoms with E-state index in [1.54, 1.807) is 0 Å². The summed E-state index contributed by atoms with van der Waals surface area (Å²) in [6, 6.07) is 1.25. The summed E-state index contributed by atoms with van der Waals surface area (Å²) < 4.78 is 0. The van der Waals surface area contributed by atoms with Gasteiger partial charge in [0.05, 0.1) is 16.5 Å². The number of carbonyl (C=O) groups is 3. The zero-order valence-corrected chi connectivity index (χ0v) is 17.6. The van der Waals surface area contributed by atoms with E-state index >= 15 is 0 Å². The number of aromatic hydroxyl groups is 1. The average molecular weight is 459 g/mol. The molecular weight excluding hydrogens is 438 g/mol. The lowest BCUT2D eigenvalue weighted by Gasteiger charge is -2.50. The summed E-state index contributed by atoms with van der Waals surface area (Å²) in [5.74, 6) is -8.05. The highest BCUT2D eigenvalue weighted by molar-refractivity contribution is 6.24. The first kappa shape index (κ1) is 22.4. The molecule has 12 nitrogen and oxygen atoms in total. The Kier molecular flexibility index (Phi) is 4.84. The van der Waals surface area contributed by atoms with Gasteiger partial charge in [0, 0.05) is 17.6 Å². The number of nitrogens with zero attached hydrogens (tertiary/aromatic N) is 2. The molecule has 1 aromatic rings. The molecule has 3 aliphatic rings. The van der Waals surface area contributed by atoms with Gasteiger partial charge in [-0.1, -0.05) is 6.07 Å². The number of nitro groups is 1. The number of likely N-dealkylation sites (N-methyl/N-ethyl adjacent to an activating group) is 1. The van der Waals surface area contributed by atoms with Gasteiger partial charge in [-0.3, -0.25) is 29.4 Å². The Morgan fingerprint density at radius 3 is 2.42 bits per heavy atom. The van der Waals surface area contributed by atoms with E-state index < -0.39 is 74.4 Å². The van der Waals surface area contributed by atoms with Gasteiger partial charge in [0.25, 0.3) is 5.91 Å². The van der Waals surface area contributed by atoms with Gasteiger partial charge >= 0.3 is 5.69 Å². The molecule has 1 aromatic carbocycles. The molecule has 0 bridgehead atoms. The molecule has 33 heavy (non-hydrogen) atoms. The summed E-state index contributed by atoms with van der Waals surface area (Å²) in [6.07, 6.45) is 0.0175. The number of amides is 1. The summed E-state index contributed by atoms with van der Waals surface area (Å²) in [6.45, 7) is 0. The Balaban J connectivity index is 1.98. The second-order valence-corrected chi connectivity index (χ2v) is 8.69. The number of nitrogens with two attached hydrogens (primary N) is 1. The molecule has 4 atom stereocenters. The molecule has 0 saturated heterocycles. The quantitative estimate of drug-likeness (QED) is 0.230. The van der Waals surface area contributed by atoms with E-state index in [-0.39, 0.29) is 24.0 Å². The number of Topliss-reactive ketones (excluding diaryl/α,β-unsaturated/α-hetero) is 2. The van der Waals surface area contributed by atoms with Crippen LogP contribution in [0.25, 0.3) is 5.76 Å². The van der Waals surface area contributed by atoms with Crippen LogP contribution in [0, 0.1) is 22.0 Å². The van der Waals surface area contributed by atoms with Crippen molar-refractivity contribution >= 4 is 28.9 Å². The van der Waals surface area contributed by atoms with E-state index in [9.17, 15) is 44.9 Å². The number of ketones is 2. The van der Waals surface area contributed by atoms with Gasteiger partial charge < -0.3 is 26.2 Å². The van der Waals surface area contributed by atoms with Crippen molar-refractivity contribution in [1.82, 2.24) is 4.90 Å². The molecule has 4 rings (SSSR count). The first-order chi connectivity index (χ1) is 15.3. The number of fused-ring (bicyclic) bond motifs is 3. The van der Waals surface area contributed by atoms with Crippen LogP contribution in [0.3, 0.4) is 0 Å². The lowest BCUT2D eigenvalue weighted by atomic mass is 9.57. The van der Waals surface area contributed by atoms with Crippen LogP contribution in [0.1, 0.15) is 17.5 Å². The van der Waals surface area contributed by atoms with E-state index in [0.717, 1.165) is 6.07 Å². The lowest BCUT2D eigenvalue weighted by Crippen LogP contribution is -2.65. The Hall–Kier alpha value is -3.77.